The standard InChI is InChI=1S/C57H39N3O/c1-3-18-46(53-35(2)37-21-12-16-32-51(37)61-53)56-59-54(36-19-5-4-6-20-36)58-55(60-56)44-34-33-40(38-22-7-8-23-39(38)44)43-27-17-31-50-52(43)45-26-11-15-30-49(45)57(50)47-28-13-9-24-41(47)42-25-10-14-29-48(42)57/h3-9,11-13,15-34H,1,10,14H2,2H3/b46-18+. The Morgan fingerprint density at radius 3 is 1.98 bits per heavy atom. The highest BCUT2D eigenvalue weighted by molar-refractivity contribution is 6.09. The van der Waals surface area contributed by atoms with Crippen LogP contribution in [0.1, 0.15) is 52.2 Å². The predicted octanol–water partition coefficient (Wildman–Crippen LogP) is 14.1. The fraction of sp³-hybridized carbons (Fsp3) is 0.0702. The van der Waals surface area contributed by atoms with E-state index in [1.54, 1.807) is 6.08 Å². The second kappa shape index (κ2) is 13.7. The van der Waals surface area contributed by atoms with Gasteiger partial charge in [-0.3, -0.25) is 0 Å². The van der Waals surface area contributed by atoms with Crippen molar-refractivity contribution in [1.29, 1.82) is 0 Å². The van der Waals surface area contributed by atoms with Gasteiger partial charge in [-0.25, -0.2) is 15.0 Å². The SMILES string of the molecule is C=C/C=C(/c1nc(-c2ccccc2)nc(-c2ccc(-c3cccc4c3-c3ccccc3C43C4=CCCC=C4c4ccccc43)c3ccccc23)n1)c1oc2ccccc2c1C. The van der Waals surface area contributed by atoms with Gasteiger partial charge in [0.05, 0.1) is 11.0 Å². The molecule has 61 heavy (non-hydrogen) atoms. The minimum atomic E-state index is -0.371. The van der Waals surface area contributed by atoms with Gasteiger partial charge in [0.1, 0.15) is 11.3 Å². The molecule has 0 radical (unpaired) electrons. The molecule has 0 saturated heterocycles. The van der Waals surface area contributed by atoms with Gasteiger partial charge >= 0.3 is 0 Å². The monoisotopic (exact) mass is 781 g/mol. The van der Waals surface area contributed by atoms with Crippen molar-refractivity contribution < 1.29 is 4.42 Å². The van der Waals surface area contributed by atoms with Crippen molar-refractivity contribution in [3.05, 3.63) is 234 Å². The lowest BCUT2D eigenvalue weighted by atomic mass is 9.69. The predicted molar refractivity (Wildman–Crippen MR) is 249 cm³/mol. The van der Waals surface area contributed by atoms with Crippen molar-refractivity contribution in [2.45, 2.75) is 25.2 Å². The summed E-state index contributed by atoms with van der Waals surface area (Å²) in [5.74, 6) is 2.40. The molecule has 1 unspecified atom stereocenters. The van der Waals surface area contributed by atoms with Crippen LogP contribution >= 0.6 is 0 Å². The average Bonchev–Trinajstić information content (AvgIpc) is 3.94. The number of para-hydroxylation sites is 1. The highest BCUT2D eigenvalue weighted by Gasteiger charge is 2.53. The molecule has 2 heterocycles. The first-order chi connectivity index (χ1) is 30.1. The minimum Gasteiger partial charge on any atom is -0.456 e. The maximum absolute atomic E-state index is 6.52. The first-order valence-electron chi connectivity index (χ1n) is 21.0. The van der Waals surface area contributed by atoms with Crippen LogP contribution in [-0.2, 0) is 5.41 Å². The molecule has 0 amide bonds. The number of furan rings is 1. The normalized spacial score (nSPS) is 16.2. The molecule has 4 heteroatoms. The number of aromatic nitrogens is 3. The zero-order valence-electron chi connectivity index (χ0n) is 33.7. The third kappa shape index (κ3) is 5.09. The summed E-state index contributed by atoms with van der Waals surface area (Å²) in [6, 6.07) is 56.4. The summed E-state index contributed by atoms with van der Waals surface area (Å²) >= 11 is 0. The van der Waals surface area contributed by atoms with Crippen molar-refractivity contribution in [2.24, 2.45) is 0 Å². The number of benzene rings is 7. The van der Waals surface area contributed by atoms with Crippen LogP contribution < -0.4 is 0 Å². The lowest BCUT2D eigenvalue weighted by molar-refractivity contribution is 0.596. The Morgan fingerprint density at radius 2 is 1.18 bits per heavy atom. The lowest BCUT2D eigenvalue weighted by Crippen LogP contribution is -2.26. The fourth-order valence-corrected chi connectivity index (χ4v) is 10.5. The first kappa shape index (κ1) is 35.3. The fourth-order valence-electron chi connectivity index (χ4n) is 10.5. The van der Waals surface area contributed by atoms with Crippen LogP contribution in [-0.4, -0.2) is 15.0 Å². The summed E-state index contributed by atoms with van der Waals surface area (Å²) in [5, 5.41) is 3.25. The van der Waals surface area contributed by atoms with Crippen LogP contribution in [0.25, 0.3) is 77.9 Å². The lowest BCUT2D eigenvalue weighted by Gasteiger charge is -2.31. The Kier molecular flexibility index (Phi) is 7.91. The van der Waals surface area contributed by atoms with E-state index in [0.717, 1.165) is 56.8 Å². The molecule has 0 fully saturated rings. The van der Waals surface area contributed by atoms with E-state index in [2.05, 4.69) is 135 Å². The van der Waals surface area contributed by atoms with Crippen LogP contribution in [0.3, 0.4) is 0 Å². The van der Waals surface area contributed by atoms with Gasteiger partial charge in [0.2, 0.25) is 0 Å². The molecule has 0 N–H and O–H groups in total. The van der Waals surface area contributed by atoms with Crippen molar-refractivity contribution in [3.8, 4) is 45.0 Å². The highest BCUT2D eigenvalue weighted by atomic mass is 16.3. The second-order valence-electron chi connectivity index (χ2n) is 16.1. The maximum Gasteiger partial charge on any atom is 0.167 e. The molecule has 2 aromatic heterocycles. The molecule has 3 aliphatic carbocycles. The Morgan fingerprint density at radius 1 is 0.557 bits per heavy atom. The van der Waals surface area contributed by atoms with Crippen molar-refractivity contribution in [1.82, 2.24) is 15.0 Å². The Balaban J connectivity index is 1.08. The van der Waals surface area contributed by atoms with E-state index in [4.69, 9.17) is 19.4 Å². The van der Waals surface area contributed by atoms with Gasteiger partial charge in [-0.2, -0.15) is 0 Å². The van der Waals surface area contributed by atoms with Gasteiger partial charge in [0.15, 0.2) is 17.5 Å². The molecular weight excluding hydrogens is 743 g/mol. The van der Waals surface area contributed by atoms with Crippen LogP contribution in [0, 0.1) is 6.92 Å². The van der Waals surface area contributed by atoms with E-state index in [1.165, 1.54) is 55.7 Å². The molecule has 4 nitrogen and oxygen atoms in total. The minimum absolute atomic E-state index is 0.371. The van der Waals surface area contributed by atoms with Crippen LogP contribution in [0.2, 0.25) is 0 Å². The Labute approximate surface area is 354 Å². The number of aryl methyl sites for hydroxylation is 1. The zero-order chi connectivity index (χ0) is 40.7. The molecule has 3 aliphatic rings. The van der Waals surface area contributed by atoms with Gasteiger partial charge in [-0.05, 0) is 104 Å². The Hall–Kier alpha value is -7.69. The smallest absolute Gasteiger partial charge is 0.167 e. The largest absolute Gasteiger partial charge is 0.456 e. The van der Waals surface area contributed by atoms with E-state index in [9.17, 15) is 0 Å². The number of fused-ring (bicyclic) bond motifs is 12. The zero-order valence-corrected chi connectivity index (χ0v) is 33.7. The molecule has 1 spiro atoms. The van der Waals surface area contributed by atoms with E-state index in [0.29, 0.717) is 23.2 Å². The van der Waals surface area contributed by atoms with Crippen molar-refractivity contribution >= 4 is 32.9 Å². The number of hydrogen-bond donors (Lipinski definition) is 0. The van der Waals surface area contributed by atoms with E-state index in [-0.39, 0.29) is 5.41 Å². The van der Waals surface area contributed by atoms with Crippen LogP contribution in [0.4, 0.5) is 0 Å². The van der Waals surface area contributed by atoms with Crippen molar-refractivity contribution in [2.75, 3.05) is 0 Å². The number of rotatable bonds is 6. The van der Waals surface area contributed by atoms with Crippen LogP contribution in [0.15, 0.2) is 199 Å². The average molecular weight is 782 g/mol. The summed E-state index contributed by atoms with van der Waals surface area (Å²) in [6.45, 7) is 6.16. The molecule has 288 valence electrons. The second-order valence-corrected chi connectivity index (χ2v) is 16.1. The molecule has 0 bridgehead atoms. The molecule has 9 aromatic rings. The maximum atomic E-state index is 6.52. The number of allylic oxidation sites excluding steroid dienone is 6. The molecule has 12 rings (SSSR count). The third-order valence-corrected chi connectivity index (χ3v) is 13.0. The quantitative estimate of drug-likeness (QED) is 0.158. The number of hydrogen-bond acceptors (Lipinski definition) is 4. The topological polar surface area (TPSA) is 51.8 Å². The van der Waals surface area contributed by atoms with E-state index < -0.39 is 0 Å². The number of nitrogens with zero attached hydrogens (tertiary/aromatic N) is 3. The summed E-state index contributed by atoms with van der Waals surface area (Å²) in [4.78, 5) is 15.6. The highest BCUT2D eigenvalue weighted by Crippen LogP contribution is 2.65. The van der Waals surface area contributed by atoms with Gasteiger partial charge in [-0.1, -0.05) is 170 Å². The van der Waals surface area contributed by atoms with Crippen molar-refractivity contribution in [3.63, 3.8) is 0 Å². The van der Waals surface area contributed by atoms with Gasteiger partial charge in [0, 0.05) is 22.1 Å². The summed E-state index contributed by atoms with van der Waals surface area (Å²) in [6.07, 6.45) is 10.8. The van der Waals surface area contributed by atoms with Crippen LogP contribution in [0.5, 0.6) is 0 Å². The van der Waals surface area contributed by atoms with Gasteiger partial charge in [0.25, 0.3) is 0 Å². The summed E-state index contributed by atoms with van der Waals surface area (Å²) in [7, 11) is 0. The summed E-state index contributed by atoms with van der Waals surface area (Å²) in [5.41, 5.74) is 17.3. The van der Waals surface area contributed by atoms with E-state index >= 15 is 0 Å². The molecule has 0 saturated carbocycles. The molecule has 0 aliphatic heterocycles. The summed E-state index contributed by atoms with van der Waals surface area (Å²) < 4.78 is 6.52. The first-order valence-corrected chi connectivity index (χ1v) is 21.0. The molecule has 7 aromatic carbocycles. The Bertz CT molecular complexity index is 3400. The third-order valence-electron chi connectivity index (χ3n) is 13.0. The van der Waals surface area contributed by atoms with Gasteiger partial charge < -0.3 is 4.42 Å². The molecular formula is C57H39N3O. The molecule has 1 atom stereocenters. The van der Waals surface area contributed by atoms with Gasteiger partial charge in [-0.15, -0.1) is 0 Å². The van der Waals surface area contributed by atoms with E-state index in [1.807, 2.05) is 54.6 Å².